The molecule has 25 heavy (non-hydrogen) atoms. The second-order valence-corrected chi connectivity index (χ2v) is 5.92. The quantitative estimate of drug-likeness (QED) is 0.445. The van der Waals surface area contributed by atoms with E-state index in [9.17, 15) is 9.90 Å². The van der Waals surface area contributed by atoms with Crippen LogP contribution in [0.1, 0.15) is 23.7 Å². The fourth-order valence-corrected chi connectivity index (χ4v) is 2.53. The van der Waals surface area contributed by atoms with Gasteiger partial charge >= 0.3 is 5.56 Å². The number of nitrogens with zero attached hydrogens (tertiary/aromatic N) is 3. The molecule has 6 nitrogen and oxygen atoms in total. The summed E-state index contributed by atoms with van der Waals surface area (Å²) < 4.78 is 2.88. The van der Waals surface area contributed by atoms with Gasteiger partial charge in [-0.05, 0) is 45.0 Å². The molecule has 0 aliphatic carbocycles. The molecule has 1 aromatic heterocycles. The number of H-pyrrole nitrogens is 1. The Balaban J connectivity index is 2.08. The molecule has 0 aliphatic heterocycles. The van der Waals surface area contributed by atoms with E-state index < -0.39 is 11.5 Å². The number of hydrogen-bond donors (Lipinski definition) is 1. The first-order chi connectivity index (χ1) is 12.0. The molecule has 0 saturated carbocycles. The SMILES string of the molecule is CC[n+]1[nH]n(-c2ccc(C)cc2)c(=O)c1C([O-])=Nc1ccc(C)cc1. The number of rotatable bonds is 4. The maximum atomic E-state index is 12.7. The minimum Gasteiger partial charge on any atom is -0.855 e. The molecule has 3 rings (SSSR count). The van der Waals surface area contributed by atoms with Crippen LogP contribution in [0.5, 0.6) is 0 Å². The lowest BCUT2D eigenvalue weighted by molar-refractivity contribution is -0.754. The Hall–Kier alpha value is -3.15. The summed E-state index contributed by atoms with van der Waals surface area (Å²) in [6, 6.07) is 14.8. The van der Waals surface area contributed by atoms with Gasteiger partial charge in [0.05, 0.1) is 5.69 Å². The summed E-state index contributed by atoms with van der Waals surface area (Å²) in [7, 11) is 0. The van der Waals surface area contributed by atoms with Crippen LogP contribution in [0.3, 0.4) is 0 Å². The molecule has 0 spiro atoms. The lowest BCUT2D eigenvalue weighted by Gasteiger charge is -2.06. The molecule has 1 heterocycles. The van der Waals surface area contributed by atoms with Gasteiger partial charge in [0.15, 0.2) is 5.69 Å². The second kappa shape index (κ2) is 6.76. The molecule has 0 fully saturated rings. The molecule has 1 N–H and O–H groups in total. The number of aryl methyl sites for hydroxylation is 3. The summed E-state index contributed by atoms with van der Waals surface area (Å²) in [4.78, 5) is 16.8. The van der Waals surface area contributed by atoms with E-state index in [0.717, 1.165) is 11.1 Å². The first-order valence-electron chi connectivity index (χ1n) is 8.14. The minimum absolute atomic E-state index is 0.0173. The zero-order valence-corrected chi connectivity index (χ0v) is 14.5. The molecule has 6 heteroatoms. The molecule has 3 aromatic rings. The normalized spacial score (nSPS) is 11.7. The van der Waals surface area contributed by atoms with Gasteiger partial charge in [-0.3, -0.25) is 4.99 Å². The Morgan fingerprint density at radius 3 is 2.20 bits per heavy atom. The van der Waals surface area contributed by atoms with Crippen molar-refractivity contribution in [2.75, 3.05) is 0 Å². The smallest absolute Gasteiger partial charge is 0.406 e. The van der Waals surface area contributed by atoms with Crippen molar-refractivity contribution in [3.05, 3.63) is 75.7 Å². The summed E-state index contributed by atoms with van der Waals surface area (Å²) in [5, 5.41) is 15.5. The number of nitrogens with one attached hydrogen (secondary N) is 1. The largest absolute Gasteiger partial charge is 0.855 e. The Kier molecular flexibility index (Phi) is 4.52. The van der Waals surface area contributed by atoms with Gasteiger partial charge in [-0.1, -0.05) is 45.3 Å². The Morgan fingerprint density at radius 2 is 1.64 bits per heavy atom. The van der Waals surface area contributed by atoms with E-state index in [-0.39, 0.29) is 5.69 Å². The van der Waals surface area contributed by atoms with Crippen molar-refractivity contribution in [1.29, 1.82) is 0 Å². The lowest BCUT2D eigenvalue weighted by Crippen LogP contribution is -2.45. The number of aromatic amines is 1. The monoisotopic (exact) mass is 336 g/mol. The molecule has 0 aliphatic rings. The average molecular weight is 336 g/mol. The van der Waals surface area contributed by atoms with Crippen molar-refractivity contribution in [3.63, 3.8) is 0 Å². The molecular weight excluding hydrogens is 316 g/mol. The highest BCUT2D eigenvalue weighted by Crippen LogP contribution is 2.13. The number of aromatic nitrogens is 3. The van der Waals surface area contributed by atoms with Gasteiger partial charge in [0.25, 0.3) is 0 Å². The minimum atomic E-state index is -0.558. The lowest BCUT2D eigenvalue weighted by atomic mass is 10.2. The van der Waals surface area contributed by atoms with Gasteiger partial charge in [0.2, 0.25) is 5.69 Å². The number of aliphatic imine (C=N–C) groups is 1. The first-order valence-corrected chi connectivity index (χ1v) is 8.14. The molecule has 0 bridgehead atoms. The zero-order chi connectivity index (χ0) is 18.0. The fourth-order valence-electron chi connectivity index (χ4n) is 2.53. The van der Waals surface area contributed by atoms with Crippen LogP contribution in [0.15, 0.2) is 58.3 Å². The second-order valence-electron chi connectivity index (χ2n) is 5.92. The zero-order valence-electron chi connectivity index (χ0n) is 14.5. The van der Waals surface area contributed by atoms with Crippen LogP contribution >= 0.6 is 0 Å². The summed E-state index contributed by atoms with van der Waals surface area (Å²) in [6.45, 7) is 6.25. The first kappa shape index (κ1) is 16.7. The number of hydrogen-bond acceptors (Lipinski definition) is 3. The molecule has 0 atom stereocenters. The molecule has 0 radical (unpaired) electrons. The van der Waals surface area contributed by atoms with E-state index in [4.69, 9.17) is 0 Å². The van der Waals surface area contributed by atoms with Crippen LogP contribution in [-0.4, -0.2) is 15.8 Å². The van der Waals surface area contributed by atoms with Crippen LogP contribution < -0.4 is 15.3 Å². The van der Waals surface area contributed by atoms with Gasteiger partial charge in [0.1, 0.15) is 6.54 Å². The molecule has 2 aromatic carbocycles. The summed E-state index contributed by atoms with van der Waals surface area (Å²) in [5.41, 5.74) is 2.99. The third kappa shape index (κ3) is 3.38. The van der Waals surface area contributed by atoms with Crippen LogP contribution in [0.2, 0.25) is 0 Å². The molecule has 0 unspecified atom stereocenters. The number of benzene rings is 2. The summed E-state index contributed by atoms with van der Waals surface area (Å²) >= 11 is 0. The van der Waals surface area contributed by atoms with E-state index in [1.165, 1.54) is 9.36 Å². The maximum absolute atomic E-state index is 12.7. The van der Waals surface area contributed by atoms with Crippen molar-refractivity contribution < 1.29 is 9.79 Å². The molecule has 0 amide bonds. The molecular formula is C19H20N4O2. The van der Waals surface area contributed by atoms with Crippen LogP contribution in [0.25, 0.3) is 5.69 Å². The Labute approximate surface area is 145 Å². The van der Waals surface area contributed by atoms with E-state index >= 15 is 0 Å². The van der Waals surface area contributed by atoms with Gasteiger partial charge in [0, 0.05) is 5.90 Å². The van der Waals surface area contributed by atoms with Crippen molar-refractivity contribution in [1.82, 2.24) is 9.90 Å². The van der Waals surface area contributed by atoms with Gasteiger partial charge in [-0.2, -0.15) is 4.68 Å². The Morgan fingerprint density at radius 1 is 1.08 bits per heavy atom. The van der Waals surface area contributed by atoms with Crippen molar-refractivity contribution in [2.45, 2.75) is 27.3 Å². The molecule has 0 saturated heterocycles. The summed E-state index contributed by atoms with van der Waals surface area (Å²) in [6.07, 6.45) is 0. The average Bonchev–Trinajstić information content (AvgIpc) is 2.94. The Bertz CT molecular complexity index is 964. The highest BCUT2D eigenvalue weighted by Gasteiger charge is 2.22. The van der Waals surface area contributed by atoms with Crippen molar-refractivity contribution >= 4 is 11.6 Å². The predicted octanol–water partition coefficient (Wildman–Crippen LogP) is 1.53. The predicted molar refractivity (Wildman–Crippen MR) is 94.4 cm³/mol. The van der Waals surface area contributed by atoms with Gasteiger partial charge in [-0.15, -0.1) is 0 Å². The van der Waals surface area contributed by atoms with E-state index in [2.05, 4.69) is 10.2 Å². The highest BCUT2D eigenvalue weighted by molar-refractivity contribution is 5.88. The van der Waals surface area contributed by atoms with Crippen LogP contribution in [0, 0.1) is 13.8 Å². The standard InChI is InChI=1S/C19H20N4O2/c1-4-22-17(18(24)20-15-9-5-13(2)6-10-15)19(25)23(21-22)16-11-7-14(3)8-12-16/h5-12H,4H2,1-3H3,(H-,20,21,24,25). The summed E-state index contributed by atoms with van der Waals surface area (Å²) in [5.74, 6) is -0.558. The topological polar surface area (TPSA) is 77.1 Å². The van der Waals surface area contributed by atoms with E-state index in [1.807, 2.05) is 57.2 Å². The highest BCUT2D eigenvalue weighted by atomic mass is 16.3. The van der Waals surface area contributed by atoms with Gasteiger partial charge in [-0.25, -0.2) is 4.79 Å². The fraction of sp³-hybridized carbons (Fsp3) is 0.211. The van der Waals surface area contributed by atoms with Crippen LogP contribution in [0.4, 0.5) is 5.69 Å². The third-order valence-corrected chi connectivity index (χ3v) is 3.97. The van der Waals surface area contributed by atoms with Crippen molar-refractivity contribution in [3.8, 4) is 5.69 Å². The van der Waals surface area contributed by atoms with Gasteiger partial charge < -0.3 is 5.11 Å². The molecule has 128 valence electrons. The third-order valence-electron chi connectivity index (χ3n) is 3.97. The maximum Gasteiger partial charge on any atom is 0.406 e. The van der Waals surface area contributed by atoms with Crippen molar-refractivity contribution in [2.24, 2.45) is 4.99 Å². The van der Waals surface area contributed by atoms with E-state index in [0.29, 0.717) is 17.9 Å². The van der Waals surface area contributed by atoms with Crippen LogP contribution in [-0.2, 0) is 6.54 Å². The van der Waals surface area contributed by atoms with E-state index in [1.54, 1.807) is 12.1 Å².